The van der Waals surface area contributed by atoms with Crippen LogP contribution in [0.3, 0.4) is 0 Å². The van der Waals surface area contributed by atoms with Gasteiger partial charge in [0, 0.05) is 36.2 Å². The van der Waals surface area contributed by atoms with E-state index in [1.807, 2.05) is 40.7 Å². The SMILES string of the molecule is C[C@H](CCC(=O)O)C[C@H](C)C[C@H](C)C(=O)/C=C(\O)[C@H](C)C[C@H](C)C/C=C/[C@@H](C)[C@@H](O)[C@@H](C)[C@@H](O)C[C@@H]1CC[C@@](C)([C@H]2CC[C@@](C)([C@@H](C)O)O2)O1. The van der Waals surface area contributed by atoms with Crippen molar-refractivity contribution in [2.24, 2.45) is 41.4 Å². The molecule has 0 aromatic carbocycles. The Balaban J connectivity index is 1.77. The summed E-state index contributed by atoms with van der Waals surface area (Å²) in [7, 11) is 0. The lowest BCUT2D eigenvalue weighted by Crippen LogP contribution is -2.44. The molecule has 290 valence electrons. The predicted octanol–water partition coefficient (Wildman–Crippen LogP) is 7.80. The lowest BCUT2D eigenvalue weighted by atomic mass is 9.85. The third-order valence-corrected chi connectivity index (χ3v) is 11.9. The molecule has 9 heteroatoms. The summed E-state index contributed by atoms with van der Waals surface area (Å²) in [6.07, 6.45) is 10.8. The van der Waals surface area contributed by atoms with Crippen LogP contribution in [-0.2, 0) is 19.1 Å². The lowest BCUT2D eigenvalue weighted by Gasteiger charge is -2.35. The number of hydrogen-bond donors (Lipinski definition) is 5. The molecular weight excluding hydrogens is 636 g/mol. The zero-order valence-corrected chi connectivity index (χ0v) is 32.8. The van der Waals surface area contributed by atoms with Gasteiger partial charge in [-0.2, -0.15) is 0 Å². The van der Waals surface area contributed by atoms with E-state index < -0.39 is 35.5 Å². The van der Waals surface area contributed by atoms with Crippen molar-refractivity contribution in [1.82, 2.24) is 0 Å². The van der Waals surface area contributed by atoms with Gasteiger partial charge in [-0.15, -0.1) is 0 Å². The van der Waals surface area contributed by atoms with E-state index in [4.69, 9.17) is 14.6 Å². The van der Waals surface area contributed by atoms with Crippen LogP contribution in [0.4, 0.5) is 0 Å². The van der Waals surface area contributed by atoms with E-state index in [2.05, 4.69) is 33.8 Å². The Bertz CT molecular complexity index is 1120. The summed E-state index contributed by atoms with van der Waals surface area (Å²) in [5.41, 5.74) is -1.01. The highest BCUT2D eigenvalue weighted by atomic mass is 16.6. The Labute approximate surface area is 302 Å². The average molecular weight is 709 g/mol. The molecule has 0 amide bonds. The van der Waals surface area contributed by atoms with Crippen molar-refractivity contribution in [3.05, 3.63) is 24.0 Å². The fourth-order valence-corrected chi connectivity index (χ4v) is 8.02. The monoisotopic (exact) mass is 709 g/mol. The summed E-state index contributed by atoms with van der Waals surface area (Å²) in [4.78, 5) is 23.7. The van der Waals surface area contributed by atoms with Gasteiger partial charge in [-0.05, 0) is 103 Å². The van der Waals surface area contributed by atoms with Gasteiger partial charge in [0.25, 0.3) is 0 Å². The maximum Gasteiger partial charge on any atom is 0.303 e. The quantitative estimate of drug-likeness (QED) is 0.0431. The van der Waals surface area contributed by atoms with E-state index in [1.165, 1.54) is 6.08 Å². The second-order valence-electron chi connectivity index (χ2n) is 17.1. The lowest BCUT2D eigenvalue weighted by molar-refractivity contribution is -0.172. The molecule has 0 radical (unpaired) electrons. The van der Waals surface area contributed by atoms with Crippen LogP contribution in [0, 0.1) is 41.4 Å². The summed E-state index contributed by atoms with van der Waals surface area (Å²) >= 11 is 0. The van der Waals surface area contributed by atoms with Gasteiger partial charge in [0.05, 0.1) is 47.5 Å². The maximum absolute atomic E-state index is 12.8. The van der Waals surface area contributed by atoms with Crippen molar-refractivity contribution < 1.29 is 44.6 Å². The molecule has 2 aliphatic heterocycles. The Hall–Kier alpha value is -1.78. The van der Waals surface area contributed by atoms with Crippen LogP contribution >= 0.6 is 0 Å². The Morgan fingerprint density at radius 1 is 0.820 bits per heavy atom. The minimum atomic E-state index is -0.781. The van der Waals surface area contributed by atoms with Gasteiger partial charge in [-0.1, -0.05) is 60.6 Å². The fraction of sp³-hybridized carbons (Fsp3) is 0.854. The third-order valence-electron chi connectivity index (χ3n) is 11.9. The van der Waals surface area contributed by atoms with Crippen molar-refractivity contribution in [3.63, 3.8) is 0 Å². The topological polar surface area (TPSA) is 154 Å². The molecule has 2 fully saturated rings. The zero-order valence-electron chi connectivity index (χ0n) is 32.8. The van der Waals surface area contributed by atoms with Crippen LogP contribution in [0.1, 0.15) is 140 Å². The molecule has 50 heavy (non-hydrogen) atoms. The summed E-state index contributed by atoms with van der Waals surface area (Å²) in [6.45, 7) is 19.7. The molecule has 0 unspecified atom stereocenters. The Morgan fingerprint density at radius 3 is 2.06 bits per heavy atom. The highest BCUT2D eigenvalue weighted by Crippen LogP contribution is 2.45. The van der Waals surface area contributed by atoms with Crippen LogP contribution in [0.2, 0.25) is 0 Å². The number of carboxylic acid groups (broad SMARTS) is 1. The molecule has 2 heterocycles. The molecular formula is C41H72O9. The number of rotatable bonds is 22. The molecule has 0 spiro atoms. The molecule has 0 saturated carbocycles. The highest BCUT2D eigenvalue weighted by Gasteiger charge is 2.51. The van der Waals surface area contributed by atoms with Crippen LogP contribution in [-0.4, -0.2) is 79.0 Å². The molecule has 2 saturated heterocycles. The van der Waals surface area contributed by atoms with Crippen molar-refractivity contribution in [2.75, 3.05) is 0 Å². The molecule has 0 aromatic rings. The zero-order chi connectivity index (χ0) is 38.0. The average Bonchev–Trinajstić information content (AvgIpc) is 3.63. The van der Waals surface area contributed by atoms with Gasteiger partial charge >= 0.3 is 5.97 Å². The van der Waals surface area contributed by atoms with Crippen molar-refractivity contribution >= 4 is 11.8 Å². The first kappa shape index (κ1) is 44.4. The molecule has 9 nitrogen and oxygen atoms in total. The van der Waals surface area contributed by atoms with E-state index in [1.54, 1.807) is 6.92 Å². The molecule has 0 aromatic heterocycles. The second kappa shape index (κ2) is 19.9. The number of aliphatic hydroxyl groups excluding tert-OH is 4. The molecule has 0 bridgehead atoms. The molecule has 0 aliphatic carbocycles. The number of carbonyl (C=O) groups is 2. The normalized spacial score (nSPS) is 30.7. The number of aliphatic hydroxyl groups is 4. The molecule has 5 N–H and O–H groups in total. The Kier molecular flexibility index (Phi) is 17.7. The van der Waals surface area contributed by atoms with E-state index >= 15 is 0 Å². The summed E-state index contributed by atoms with van der Waals surface area (Å²) in [5, 5.41) is 51.9. The van der Waals surface area contributed by atoms with E-state index in [0.717, 1.165) is 38.5 Å². The van der Waals surface area contributed by atoms with E-state index in [0.29, 0.717) is 25.7 Å². The number of allylic oxidation sites excluding steroid dienone is 3. The van der Waals surface area contributed by atoms with Crippen LogP contribution in [0.15, 0.2) is 24.0 Å². The van der Waals surface area contributed by atoms with Crippen molar-refractivity contribution in [3.8, 4) is 0 Å². The maximum atomic E-state index is 12.8. The van der Waals surface area contributed by atoms with E-state index in [-0.39, 0.29) is 71.6 Å². The van der Waals surface area contributed by atoms with Gasteiger partial charge in [-0.25, -0.2) is 0 Å². The number of carbonyl (C=O) groups excluding carboxylic acids is 1. The second-order valence-corrected chi connectivity index (χ2v) is 17.1. The van der Waals surface area contributed by atoms with Gasteiger partial charge < -0.3 is 35.0 Å². The first-order chi connectivity index (χ1) is 23.2. The summed E-state index contributed by atoms with van der Waals surface area (Å²) in [6, 6.07) is 0. The minimum Gasteiger partial charge on any atom is -0.512 e. The van der Waals surface area contributed by atoms with Crippen LogP contribution in [0.5, 0.6) is 0 Å². The first-order valence-electron chi connectivity index (χ1n) is 19.4. The molecule has 2 rings (SSSR count). The Morgan fingerprint density at radius 2 is 1.46 bits per heavy atom. The number of ketones is 1. The largest absolute Gasteiger partial charge is 0.512 e. The number of hydrogen-bond acceptors (Lipinski definition) is 8. The summed E-state index contributed by atoms with van der Waals surface area (Å²) in [5.74, 6) is -0.810. The minimum absolute atomic E-state index is 0.0809. The van der Waals surface area contributed by atoms with Gasteiger partial charge in [-0.3, -0.25) is 9.59 Å². The van der Waals surface area contributed by atoms with Crippen LogP contribution in [0.25, 0.3) is 0 Å². The number of ether oxygens (including phenoxy) is 2. The van der Waals surface area contributed by atoms with Crippen molar-refractivity contribution in [2.45, 2.75) is 182 Å². The smallest absolute Gasteiger partial charge is 0.303 e. The van der Waals surface area contributed by atoms with Crippen LogP contribution < -0.4 is 0 Å². The van der Waals surface area contributed by atoms with Crippen molar-refractivity contribution in [1.29, 1.82) is 0 Å². The summed E-state index contributed by atoms with van der Waals surface area (Å²) < 4.78 is 12.7. The van der Waals surface area contributed by atoms with Gasteiger partial charge in [0.1, 0.15) is 0 Å². The molecule has 14 atom stereocenters. The van der Waals surface area contributed by atoms with E-state index in [9.17, 15) is 30.0 Å². The highest BCUT2D eigenvalue weighted by molar-refractivity contribution is 5.91. The fourth-order valence-electron chi connectivity index (χ4n) is 8.02. The third kappa shape index (κ3) is 13.6. The standard InChI is InChI=1S/C41H72O9/c1-25(21-29(5)34(43)24-35(44)30(6)22-27(3)20-26(2)14-15-38(46)47)12-11-13-28(4)39(48)31(7)36(45)23-33-16-18-41(10,49-33)37-17-19-40(9,50-37)32(8)42/h11,13,24-33,36-37,39,42-43,45,48H,12,14-23H2,1-10H3,(H,46,47)/b13-11+,34-24-/t25-,26-,27+,28-,29-,30+,31+,32-,33+,36+,37-,39-,40+,41+/m1/s1. The first-order valence-corrected chi connectivity index (χ1v) is 19.4. The predicted molar refractivity (Wildman–Crippen MR) is 198 cm³/mol. The number of carboxylic acids is 1. The molecule has 2 aliphatic rings. The van der Waals surface area contributed by atoms with Gasteiger partial charge in [0.15, 0.2) is 5.78 Å². The number of aliphatic carboxylic acids is 1. The van der Waals surface area contributed by atoms with Gasteiger partial charge in [0.2, 0.25) is 0 Å².